The van der Waals surface area contributed by atoms with Gasteiger partial charge in [0.1, 0.15) is 11.6 Å². The summed E-state index contributed by atoms with van der Waals surface area (Å²) >= 11 is 0. The highest BCUT2D eigenvalue weighted by Crippen LogP contribution is 2.39. The third-order valence-corrected chi connectivity index (χ3v) is 6.88. The number of halogens is 3. The van der Waals surface area contributed by atoms with Crippen molar-refractivity contribution in [3.05, 3.63) is 41.7 Å². The SMILES string of the molecule is Fc1cc(F)c(F)c(-c2ccc(N[C@@H]3C[C@@H]4CN(CC5CCCOC5)C[C@@H]4C3)nn2)c1. The Kier molecular flexibility index (Phi) is 5.84. The monoisotopic (exact) mass is 432 g/mol. The third kappa shape index (κ3) is 4.55. The Hall–Kier alpha value is -2.19. The van der Waals surface area contributed by atoms with Gasteiger partial charge in [0.05, 0.1) is 12.3 Å². The Morgan fingerprint density at radius 3 is 2.55 bits per heavy atom. The maximum atomic E-state index is 14.0. The summed E-state index contributed by atoms with van der Waals surface area (Å²) in [7, 11) is 0. The zero-order chi connectivity index (χ0) is 21.4. The number of nitrogens with one attached hydrogen (secondary N) is 1. The van der Waals surface area contributed by atoms with Crippen molar-refractivity contribution in [2.75, 3.05) is 38.2 Å². The van der Waals surface area contributed by atoms with Crippen molar-refractivity contribution in [2.24, 2.45) is 17.8 Å². The predicted octanol–water partition coefficient (Wildman–Crippen LogP) is 4.11. The number of ether oxygens (including phenoxy) is 1. The first kappa shape index (κ1) is 20.7. The molecule has 4 atom stereocenters. The largest absolute Gasteiger partial charge is 0.381 e. The van der Waals surface area contributed by atoms with E-state index in [0.717, 1.165) is 51.8 Å². The lowest BCUT2D eigenvalue weighted by Crippen LogP contribution is -2.33. The van der Waals surface area contributed by atoms with Gasteiger partial charge in [-0.3, -0.25) is 0 Å². The first-order valence-corrected chi connectivity index (χ1v) is 11.1. The van der Waals surface area contributed by atoms with E-state index in [9.17, 15) is 13.2 Å². The molecule has 31 heavy (non-hydrogen) atoms. The molecule has 3 fully saturated rings. The Labute approximate surface area is 180 Å². The van der Waals surface area contributed by atoms with Gasteiger partial charge in [0.25, 0.3) is 0 Å². The second-order valence-corrected chi connectivity index (χ2v) is 9.19. The third-order valence-electron chi connectivity index (χ3n) is 6.88. The molecule has 2 aromatic rings. The summed E-state index contributed by atoms with van der Waals surface area (Å²) in [5.74, 6) is -0.544. The van der Waals surface area contributed by atoms with Gasteiger partial charge in [0.2, 0.25) is 0 Å². The van der Waals surface area contributed by atoms with Crippen molar-refractivity contribution in [3.8, 4) is 11.3 Å². The number of likely N-dealkylation sites (tertiary alicyclic amines) is 1. The molecule has 1 N–H and O–H groups in total. The fraction of sp³-hybridized carbons (Fsp3) is 0.565. The molecule has 1 unspecified atom stereocenters. The van der Waals surface area contributed by atoms with E-state index in [2.05, 4.69) is 20.4 Å². The highest BCUT2D eigenvalue weighted by Gasteiger charge is 2.41. The van der Waals surface area contributed by atoms with Crippen molar-refractivity contribution in [1.82, 2.24) is 15.1 Å². The number of hydrogen-bond donors (Lipinski definition) is 1. The summed E-state index contributed by atoms with van der Waals surface area (Å²) in [6.07, 6.45) is 4.64. The van der Waals surface area contributed by atoms with E-state index in [4.69, 9.17) is 4.74 Å². The summed E-state index contributed by atoms with van der Waals surface area (Å²) in [6, 6.07) is 5.01. The number of benzene rings is 1. The Morgan fingerprint density at radius 2 is 1.87 bits per heavy atom. The maximum absolute atomic E-state index is 14.0. The first-order chi connectivity index (χ1) is 15.0. The zero-order valence-corrected chi connectivity index (χ0v) is 17.4. The normalized spacial score (nSPS) is 28.6. The van der Waals surface area contributed by atoms with Crippen LogP contribution in [-0.4, -0.2) is 54.0 Å². The van der Waals surface area contributed by atoms with Crippen LogP contribution in [0.3, 0.4) is 0 Å². The van der Waals surface area contributed by atoms with Crippen LogP contribution < -0.4 is 5.32 Å². The minimum Gasteiger partial charge on any atom is -0.381 e. The quantitative estimate of drug-likeness (QED) is 0.721. The van der Waals surface area contributed by atoms with E-state index >= 15 is 0 Å². The summed E-state index contributed by atoms with van der Waals surface area (Å²) < 4.78 is 46.5. The van der Waals surface area contributed by atoms with Crippen LogP contribution in [0.1, 0.15) is 25.7 Å². The molecule has 3 aliphatic rings. The molecule has 1 aromatic heterocycles. The molecular weight excluding hydrogens is 405 g/mol. The lowest BCUT2D eigenvalue weighted by molar-refractivity contribution is 0.0407. The van der Waals surface area contributed by atoms with Gasteiger partial charge in [-0.2, -0.15) is 0 Å². The lowest BCUT2D eigenvalue weighted by Gasteiger charge is -2.27. The Morgan fingerprint density at radius 1 is 1.06 bits per heavy atom. The van der Waals surface area contributed by atoms with Crippen LogP contribution in [0.5, 0.6) is 0 Å². The van der Waals surface area contributed by atoms with Crippen LogP contribution >= 0.6 is 0 Å². The highest BCUT2D eigenvalue weighted by atomic mass is 19.2. The molecular formula is C23H27F3N4O. The van der Waals surface area contributed by atoms with Crippen LogP contribution in [0.15, 0.2) is 24.3 Å². The second-order valence-electron chi connectivity index (χ2n) is 9.19. The summed E-state index contributed by atoms with van der Waals surface area (Å²) in [5, 5.41) is 11.5. The van der Waals surface area contributed by atoms with E-state index in [1.54, 1.807) is 6.07 Å². The molecule has 2 saturated heterocycles. The number of rotatable bonds is 5. The molecule has 2 aliphatic heterocycles. The van der Waals surface area contributed by atoms with Crippen LogP contribution in [0.4, 0.5) is 19.0 Å². The number of nitrogens with zero attached hydrogens (tertiary/aromatic N) is 3. The van der Waals surface area contributed by atoms with Crippen molar-refractivity contribution in [2.45, 2.75) is 31.7 Å². The molecule has 1 saturated carbocycles. The average Bonchev–Trinajstić information content (AvgIpc) is 3.30. The molecule has 0 bridgehead atoms. The van der Waals surface area contributed by atoms with Crippen molar-refractivity contribution in [3.63, 3.8) is 0 Å². The minimum atomic E-state index is -1.23. The number of hydrogen-bond acceptors (Lipinski definition) is 5. The van der Waals surface area contributed by atoms with E-state index in [0.29, 0.717) is 35.7 Å². The molecule has 1 aromatic carbocycles. The van der Waals surface area contributed by atoms with E-state index in [1.165, 1.54) is 18.9 Å². The first-order valence-electron chi connectivity index (χ1n) is 11.1. The summed E-state index contributed by atoms with van der Waals surface area (Å²) in [4.78, 5) is 2.60. The highest BCUT2D eigenvalue weighted by molar-refractivity contribution is 5.60. The fourth-order valence-electron chi connectivity index (χ4n) is 5.48. The molecule has 8 heteroatoms. The van der Waals surface area contributed by atoms with Crippen LogP contribution in [0.2, 0.25) is 0 Å². The summed E-state index contributed by atoms with van der Waals surface area (Å²) in [6.45, 7) is 5.25. The van der Waals surface area contributed by atoms with Crippen LogP contribution in [0, 0.1) is 35.2 Å². The molecule has 0 radical (unpaired) electrons. The van der Waals surface area contributed by atoms with Gasteiger partial charge >= 0.3 is 0 Å². The molecule has 166 valence electrons. The van der Waals surface area contributed by atoms with E-state index in [1.807, 2.05) is 0 Å². The smallest absolute Gasteiger partial charge is 0.168 e. The second kappa shape index (κ2) is 8.74. The predicted molar refractivity (Wildman–Crippen MR) is 111 cm³/mol. The molecule has 0 spiro atoms. The number of anilines is 1. The maximum Gasteiger partial charge on any atom is 0.168 e. The van der Waals surface area contributed by atoms with Crippen molar-refractivity contribution >= 4 is 5.82 Å². The molecule has 1 aliphatic carbocycles. The zero-order valence-electron chi connectivity index (χ0n) is 17.4. The van der Waals surface area contributed by atoms with Crippen molar-refractivity contribution < 1.29 is 17.9 Å². The van der Waals surface area contributed by atoms with Gasteiger partial charge in [-0.05, 0) is 61.6 Å². The van der Waals surface area contributed by atoms with Crippen molar-refractivity contribution in [1.29, 1.82) is 0 Å². The van der Waals surface area contributed by atoms with Gasteiger partial charge in [-0.25, -0.2) is 13.2 Å². The van der Waals surface area contributed by atoms with Gasteiger partial charge in [-0.15, -0.1) is 10.2 Å². The Bertz CT molecular complexity index is 906. The van der Waals surface area contributed by atoms with Crippen LogP contribution in [-0.2, 0) is 4.74 Å². The Balaban J connectivity index is 1.16. The molecule has 5 nitrogen and oxygen atoms in total. The molecule has 3 heterocycles. The van der Waals surface area contributed by atoms with Gasteiger partial charge in [0.15, 0.2) is 11.6 Å². The minimum absolute atomic E-state index is 0.104. The van der Waals surface area contributed by atoms with Gasteiger partial charge in [0, 0.05) is 43.9 Å². The van der Waals surface area contributed by atoms with E-state index in [-0.39, 0.29) is 11.3 Å². The fourth-order valence-corrected chi connectivity index (χ4v) is 5.48. The number of fused-ring (bicyclic) bond motifs is 1. The lowest BCUT2D eigenvalue weighted by atomic mass is 10.0. The summed E-state index contributed by atoms with van der Waals surface area (Å²) in [5.41, 5.74) is -0.123. The topological polar surface area (TPSA) is 50.3 Å². The number of aromatic nitrogens is 2. The molecule has 5 rings (SSSR count). The molecule has 0 amide bonds. The van der Waals surface area contributed by atoms with Gasteiger partial charge in [-0.1, -0.05) is 0 Å². The van der Waals surface area contributed by atoms with Crippen LogP contribution in [0.25, 0.3) is 11.3 Å². The average molecular weight is 432 g/mol. The van der Waals surface area contributed by atoms with E-state index < -0.39 is 17.5 Å². The van der Waals surface area contributed by atoms with Gasteiger partial charge < -0.3 is 15.0 Å². The standard InChI is InChI=1S/C23H27F3N4O/c24-17-8-19(23(26)20(25)9-17)21-3-4-22(29-28-21)27-18-6-15-11-30(12-16(15)7-18)10-14-2-1-5-31-13-14/h3-4,8-9,14-16,18H,1-2,5-7,10-13H2,(H,27,29)/t14?,15-,16+,18-.